The second-order valence-electron chi connectivity index (χ2n) is 11.3. The third kappa shape index (κ3) is 32.9. The number of hydrogen-bond acceptors (Lipinski definition) is 3. The summed E-state index contributed by atoms with van der Waals surface area (Å²) in [6, 6.07) is 0. The van der Waals surface area contributed by atoms with Crippen LogP contribution in [0.1, 0.15) is 193 Å². The standard InChI is InChI=1S/C33H63O4/c1-2-3-4-5-6-7-8-9-12-15-18-21-24-27-30-33(36)37-31-28-25-22-19-16-13-10-11-14-17-20-23-26-29-32(34)35/h2-31H2,1H3. The first-order valence-electron chi connectivity index (χ1n) is 16.5. The number of rotatable bonds is 31. The number of carbonyl (C=O) groups excluding carboxylic acids is 2. The lowest BCUT2D eigenvalue weighted by molar-refractivity contribution is -0.144. The monoisotopic (exact) mass is 523 g/mol. The molecule has 0 aliphatic rings. The van der Waals surface area contributed by atoms with Crippen LogP contribution >= 0.6 is 0 Å². The second kappa shape index (κ2) is 31.2. The Morgan fingerprint density at radius 3 is 1.05 bits per heavy atom. The molecule has 0 unspecified atom stereocenters. The molecule has 0 spiro atoms. The van der Waals surface area contributed by atoms with Crippen molar-refractivity contribution in [1.82, 2.24) is 0 Å². The van der Waals surface area contributed by atoms with Crippen molar-refractivity contribution in [3.8, 4) is 0 Å². The first-order chi connectivity index (χ1) is 18.2. The zero-order valence-electron chi connectivity index (χ0n) is 24.8. The number of esters is 1. The molecule has 37 heavy (non-hydrogen) atoms. The van der Waals surface area contributed by atoms with Gasteiger partial charge in [-0.2, -0.15) is 0 Å². The quantitative estimate of drug-likeness (QED) is 0.0670. The second-order valence-corrected chi connectivity index (χ2v) is 11.3. The van der Waals surface area contributed by atoms with E-state index in [2.05, 4.69) is 6.92 Å². The number of hydrogen-bond donors (Lipinski definition) is 0. The van der Waals surface area contributed by atoms with Gasteiger partial charge < -0.3 is 4.74 Å². The van der Waals surface area contributed by atoms with Crippen LogP contribution in [-0.2, 0) is 19.4 Å². The molecule has 0 aliphatic carbocycles. The molecule has 1 radical (unpaired) electrons. The predicted octanol–water partition coefficient (Wildman–Crippen LogP) is 10.8. The van der Waals surface area contributed by atoms with Crippen molar-refractivity contribution in [3.05, 3.63) is 0 Å². The van der Waals surface area contributed by atoms with Gasteiger partial charge in [0.15, 0.2) is 0 Å². The summed E-state index contributed by atoms with van der Waals surface area (Å²) in [5.74, 6) is -0.922. The number of unbranched alkanes of at least 4 members (excludes halogenated alkanes) is 25. The van der Waals surface area contributed by atoms with Crippen LogP contribution in [0.2, 0.25) is 0 Å². The first kappa shape index (κ1) is 35.9. The van der Waals surface area contributed by atoms with Crippen molar-refractivity contribution in [3.63, 3.8) is 0 Å². The molecule has 0 saturated heterocycles. The SMILES string of the molecule is CCCCCCCCCCCCCCCCC(=O)OCCCCCCCCCCCCCCCC([O])=O. The third-order valence-electron chi connectivity index (χ3n) is 7.52. The van der Waals surface area contributed by atoms with Crippen LogP contribution < -0.4 is 0 Å². The minimum atomic E-state index is -0.920. The zero-order valence-corrected chi connectivity index (χ0v) is 24.8. The Labute approximate surface area is 231 Å². The van der Waals surface area contributed by atoms with E-state index in [0.29, 0.717) is 13.0 Å². The number of ether oxygens (including phenoxy) is 1. The average molecular weight is 524 g/mol. The minimum Gasteiger partial charge on any atom is -0.466 e. The molecule has 0 aliphatic heterocycles. The van der Waals surface area contributed by atoms with E-state index in [1.807, 2.05) is 0 Å². The van der Waals surface area contributed by atoms with Gasteiger partial charge in [0.2, 0.25) is 0 Å². The van der Waals surface area contributed by atoms with E-state index in [0.717, 1.165) is 44.9 Å². The van der Waals surface area contributed by atoms with Crippen LogP contribution in [-0.4, -0.2) is 18.5 Å². The van der Waals surface area contributed by atoms with Crippen LogP contribution in [0.15, 0.2) is 0 Å². The molecule has 0 heterocycles. The van der Waals surface area contributed by atoms with Crippen molar-refractivity contribution in [1.29, 1.82) is 0 Å². The van der Waals surface area contributed by atoms with E-state index in [9.17, 15) is 14.7 Å². The zero-order chi connectivity index (χ0) is 27.1. The van der Waals surface area contributed by atoms with E-state index in [1.165, 1.54) is 128 Å². The van der Waals surface area contributed by atoms with Crippen molar-refractivity contribution in [2.75, 3.05) is 6.61 Å². The topological polar surface area (TPSA) is 63.3 Å². The largest absolute Gasteiger partial charge is 0.466 e. The molecule has 0 aromatic carbocycles. The third-order valence-corrected chi connectivity index (χ3v) is 7.52. The van der Waals surface area contributed by atoms with Crippen molar-refractivity contribution < 1.29 is 19.4 Å². The van der Waals surface area contributed by atoms with Gasteiger partial charge in [-0.15, -0.1) is 0 Å². The molecule has 0 aromatic rings. The summed E-state index contributed by atoms with van der Waals surface area (Å²) in [7, 11) is 0. The molecule has 0 fully saturated rings. The van der Waals surface area contributed by atoms with Gasteiger partial charge in [-0.1, -0.05) is 161 Å². The molecule has 219 valence electrons. The minimum absolute atomic E-state index is 0.00201. The summed E-state index contributed by atoms with van der Waals surface area (Å²) in [4.78, 5) is 22.2. The fourth-order valence-corrected chi connectivity index (χ4v) is 5.04. The lowest BCUT2D eigenvalue weighted by Crippen LogP contribution is -2.05. The molecule has 4 heteroatoms. The molecule has 4 nitrogen and oxygen atoms in total. The van der Waals surface area contributed by atoms with E-state index in [1.54, 1.807) is 0 Å². The Bertz CT molecular complexity index is 477. The maximum absolute atomic E-state index is 11.9. The van der Waals surface area contributed by atoms with Crippen molar-refractivity contribution in [2.45, 2.75) is 193 Å². The van der Waals surface area contributed by atoms with Crippen molar-refractivity contribution >= 4 is 11.9 Å². The van der Waals surface area contributed by atoms with E-state index in [-0.39, 0.29) is 12.4 Å². The Morgan fingerprint density at radius 2 is 0.703 bits per heavy atom. The van der Waals surface area contributed by atoms with E-state index < -0.39 is 5.97 Å². The molecule has 0 amide bonds. The van der Waals surface area contributed by atoms with Gasteiger partial charge in [0.05, 0.1) is 13.0 Å². The van der Waals surface area contributed by atoms with Crippen LogP contribution in [0.25, 0.3) is 0 Å². The van der Waals surface area contributed by atoms with Gasteiger partial charge >= 0.3 is 11.9 Å². The normalized spacial score (nSPS) is 11.2. The molecule has 0 atom stereocenters. The smallest absolute Gasteiger partial charge is 0.355 e. The van der Waals surface area contributed by atoms with E-state index in [4.69, 9.17) is 4.74 Å². The Hall–Kier alpha value is -1.06. The highest BCUT2D eigenvalue weighted by Gasteiger charge is 2.03. The van der Waals surface area contributed by atoms with Crippen molar-refractivity contribution in [2.24, 2.45) is 0 Å². The van der Waals surface area contributed by atoms with Gasteiger partial charge in [0, 0.05) is 6.42 Å². The molecule has 0 aromatic heterocycles. The maximum Gasteiger partial charge on any atom is 0.355 e. The lowest BCUT2D eigenvalue weighted by atomic mass is 10.0. The van der Waals surface area contributed by atoms with Gasteiger partial charge in [-0.05, 0) is 19.3 Å². The summed E-state index contributed by atoms with van der Waals surface area (Å²) in [6.07, 6.45) is 34.9. The van der Waals surface area contributed by atoms with Gasteiger partial charge in [0.1, 0.15) is 0 Å². The van der Waals surface area contributed by atoms with Crippen LogP contribution in [0.4, 0.5) is 0 Å². The number of carbonyl (C=O) groups is 2. The van der Waals surface area contributed by atoms with Gasteiger partial charge in [0.25, 0.3) is 0 Å². The first-order valence-corrected chi connectivity index (χ1v) is 16.5. The average Bonchev–Trinajstić information content (AvgIpc) is 2.88. The molecule has 0 N–H and O–H groups in total. The fourth-order valence-electron chi connectivity index (χ4n) is 5.04. The van der Waals surface area contributed by atoms with Crippen LogP contribution in [0.3, 0.4) is 0 Å². The van der Waals surface area contributed by atoms with Crippen LogP contribution in [0, 0.1) is 0 Å². The Kier molecular flexibility index (Phi) is 30.3. The Morgan fingerprint density at radius 1 is 0.405 bits per heavy atom. The molecule has 0 saturated carbocycles. The highest BCUT2D eigenvalue weighted by molar-refractivity contribution is 5.69. The predicted molar refractivity (Wildman–Crippen MR) is 156 cm³/mol. The highest BCUT2D eigenvalue weighted by Crippen LogP contribution is 2.15. The molecule has 0 bridgehead atoms. The summed E-state index contributed by atoms with van der Waals surface area (Å²) >= 11 is 0. The summed E-state index contributed by atoms with van der Waals surface area (Å²) in [5.41, 5.74) is 0. The summed E-state index contributed by atoms with van der Waals surface area (Å²) in [6.45, 7) is 2.88. The molecular formula is C33H63O4. The van der Waals surface area contributed by atoms with Crippen LogP contribution in [0.5, 0.6) is 0 Å². The molecule has 0 rings (SSSR count). The highest BCUT2D eigenvalue weighted by atomic mass is 16.5. The van der Waals surface area contributed by atoms with Gasteiger partial charge in [-0.25, -0.2) is 9.90 Å². The van der Waals surface area contributed by atoms with Gasteiger partial charge in [-0.3, -0.25) is 4.79 Å². The fraction of sp³-hybridized carbons (Fsp3) is 0.939. The lowest BCUT2D eigenvalue weighted by Gasteiger charge is -2.06. The summed E-state index contributed by atoms with van der Waals surface area (Å²) < 4.78 is 5.40. The Balaban J connectivity index is 3.15. The summed E-state index contributed by atoms with van der Waals surface area (Å²) in [5, 5.41) is 10.3. The van der Waals surface area contributed by atoms with E-state index >= 15 is 0 Å². The maximum atomic E-state index is 11.9. The molecular weight excluding hydrogens is 460 g/mol.